The lowest BCUT2D eigenvalue weighted by Crippen LogP contribution is -2.36. The topological polar surface area (TPSA) is 20.2 Å². The van der Waals surface area contributed by atoms with Crippen LogP contribution in [-0.2, 0) is 0 Å². The molecule has 0 bridgehead atoms. The molecule has 0 amide bonds. The lowest BCUT2D eigenvalue weighted by atomic mass is 9.60. The van der Waals surface area contributed by atoms with E-state index in [0.29, 0.717) is 42.2 Å². The van der Waals surface area contributed by atoms with Crippen molar-refractivity contribution in [2.24, 2.45) is 29.1 Å². The quantitative estimate of drug-likeness (QED) is 0.497. The Morgan fingerprint density at radius 2 is 2.07 bits per heavy atom. The van der Waals surface area contributed by atoms with E-state index in [4.69, 9.17) is 4.11 Å². The van der Waals surface area contributed by atoms with Crippen LogP contribution in [-0.4, -0.2) is 11.2 Å². The molecule has 5 atom stereocenters. The van der Waals surface area contributed by atoms with Crippen LogP contribution in [0.1, 0.15) is 102 Å². The van der Waals surface area contributed by atoms with Gasteiger partial charge in [0.15, 0.2) is 0 Å². The van der Waals surface area contributed by atoms with Crippen molar-refractivity contribution in [1.29, 1.82) is 0 Å². The average molecular weight is 388 g/mol. The number of aliphatic hydroxyl groups excluding tert-OH is 1. The average Bonchev–Trinajstić information content (AvgIpc) is 3.05. The highest BCUT2D eigenvalue weighted by Crippen LogP contribution is 2.59. The summed E-state index contributed by atoms with van der Waals surface area (Å²) in [4.78, 5) is 0. The summed E-state index contributed by atoms with van der Waals surface area (Å²) in [6.07, 6.45) is 13.3. The van der Waals surface area contributed by atoms with E-state index in [9.17, 15) is 5.11 Å². The van der Waals surface area contributed by atoms with Crippen LogP contribution in [0.5, 0.6) is 0 Å². The smallest absolute Gasteiger partial charge is 0.0626 e. The third-order valence-corrected chi connectivity index (χ3v) is 8.13. The Kier molecular flexibility index (Phi) is 5.99. The summed E-state index contributed by atoms with van der Waals surface area (Å²) in [5.41, 5.74) is 3.15. The number of hydrogen-bond donors (Lipinski definition) is 1. The number of hydrogen-bond acceptors (Lipinski definition) is 1. The van der Waals surface area contributed by atoms with E-state index in [-0.39, 0.29) is 6.53 Å². The first kappa shape index (κ1) is 18.0. The maximum Gasteiger partial charge on any atom is 0.0626 e. The normalized spacial score (nSPS) is 39.4. The van der Waals surface area contributed by atoms with E-state index in [0.717, 1.165) is 29.7 Å². The third kappa shape index (κ3) is 4.84. The van der Waals surface area contributed by atoms with Crippen molar-refractivity contribution in [3.05, 3.63) is 35.4 Å². The molecule has 0 aromatic carbocycles. The summed E-state index contributed by atoms with van der Waals surface area (Å²) < 4.78 is 24.4. The highest BCUT2D eigenvalue weighted by Gasteiger charge is 2.50. The first-order chi connectivity index (χ1) is 14.6. The fourth-order valence-corrected chi connectivity index (χ4v) is 6.49. The maximum atomic E-state index is 10.1. The van der Waals surface area contributed by atoms with Crippen LogP contribution < -0.4 is 0 Å². The van der Waals surface area contributed by atoms with Gasteiger partial charge >= 0.3 is 0 Å². The molecule has 0 radical (unpaired) electrons. The largest absolute Gasteiger partial charge is 0.393 e. The second-order valence-electron chi connectivity index (χ2n) is 10.6. The Labute approximate surface area is 178 Å². The van der Waals surface area contributed by atoms with Gasteiger partial charge in [-0.3, -0.25) is 0 Å². The van der Waals surface area contributed by atoms with Crippen LogP contribution >= 0.6 is 0 Å². The first-order valence-corrected chi connectivity index (χ1v) is 11.9. The van der Waals surface area contributed by atoms with E-state index in [1.807, 2.05) is 0 Å². The SMILES string of the molecule is [2H]C([2H])=C1CC[C@H](O)C/C1=C(\[2H])C=C1CCC[C@]2(C)[C@@H]([C@H](C)CCCC(C)C)CC[C@@H]12. The Morgan fingerprint density at radius 3 is 2.82 bits per heavy atom. The van der Waals surface area contributed by atoms with Crippen LogP contribution in [0.15, 0.2) is 35.4 Å². The molecule has 0 aliphatic heterocycles. The van der Waals surface area contributed by atoms with Crippen molar-refractivity contribution in [3.63, 3.8) is 0 Å². The molecule has 0 unspecified atom stereocenters. The predicted octanol–water partition coefficient (Wildman–Crippen LogP) is 7.62. The van der Waals surface area contributed by atoms with Gasteiger partial charge in [0.1, 0.15) is 0 Å². The zero-order valence-electron chi connectivity index (χ0n) is 21.7. The molecule has 3 aliphatic carbocycles. The van der Waals surface area contributed by atoms with Crippen molar-refractivity contribution < 1.29 is 9.22 Å². The highest BCUT2D eigenvalue weighted by molar-refractivity contribution is 5.36. The zero-order valence-corrected chi connectivity index (χ0v) is 18.7. The fourth-order valence-electron chi connectivity index (χ4n) is 6.49. The molecule has 0 spiro atoms. The molecule has 0 aromatic rings. The number of rotatable bonds is 6. The van der Waals surface area contributed by atoms with Crippen LogP contribution in [0.4, 0.5) is 0 Å². The summed E-state index contributed by atoms with van der Waals surface area (Å²) in [6.45, 7) is 9.44. The molecule has 3 fully saturated rings. The molecule has 1 nitrogen and oxygen atoms in total. The Hall–Kier alpha value is -0.820. The Balaban J connectivity index is 1.81. The van der Waals surface area contributed by atoms with Crippen molar-refractivity contribution in [3.8, 4) is 0 Å². The van der Waals surface area contributed by atoms with Crippen LogP contribution in [0, 0.1) is 29.1 Å². The van der Waals surface area contributed by atoms with Gasteiger partial charge in [0.25, 0.3) is 0 Å². The highest BCUT2D eigenvalue weighted by atomic mass is 16.3. The van der Waals surface area contributed by atoms with Crippen LogP contribution in [0.2, 0.25) is 0 Å². The number of allylic oxidation sites excluding steroid dienone is 4. The third-order valence-electron chi connectivity index (χ3n) is 8.13. The monoisotopic (exact) mass is 387 g/mol. The minimum Gasteiger partial charge on any atom is -0.393 e. The van der Waals surface area contributed by atoms with E-state index in [1.165, 1.54) is 50.5 Å². The van der Waals surface area contributed by atoms with Gasteiger partial charge in [-0.05, 0) is 86.0 Å². The second-order valence-corrected chi connectivity index (χ2v) is 10.6. The molecular formula is C27H44O. The predicted molar refractivity (Wildman–Crippen MR) is 121 cm³/mol. The summed E-state index contributed by atoms with van der Waals surface area (Å²) in [5.74, 6) is 2.89. The number of aliphatic hydroxyl groups is 1. The van der Waals surface area contributed by atoms with Gasteiger partial charge < -0.3 is 5.11 Å². The van der Waals surface area contributed by atoms with Gasteiger partial charge in [0, 0.05) is 0 Å². The molecule has 28 heavy (non-hydrogen) atoms. The second kappa shape index (κ2) is 9.33. The Morgan fingerprint density at radius 1 is 1.25 bits per heavy atom. The lowest BCUT2D eigenvalue weighted by molar-refractivity contribution is 0.0929. The molecular weight excluding hydrogens is 340 g/mol. The molecule has 3 saturated carbocycles. The van der Waals surface area contributed by atoms with E-state index >= 15 is 0 Å². The van der Waals surface area contributed by atoms with Gasteiger partial charge in [-0.1, -0.05) is 76.8 Å². The van der Waals surface area contributed by atoms with E-state index < -0.39 is 6.10 Å². The van der Waals surface area contributed by atoms with Crippen LogP contribution in [0.3, 0.4) is 0 Å². The van der Waals surface area contributed by atoms with Crippen molar-refractivity contribution in [2.45, 2.75) is 104 Å². The minimum atomic E-state index is -0.448. The maximum absolute atomic E-state index is 10.1. The Bertz CT molecular complexity index is 731. The molecule has 0 heterocycles. The lowest BCUT2D eigenvalue weighted by Gasteiger charge is -2.44. The standard InChI is InChI=1S/C27H44O/c1-19(2)8-6-9-21(4)25-15-16-26-22(10-7-17-27(25,26)5)12-13-23-18-24(28)14-11-20(23)3/h12-13,19,21,24-26,28H,3,6-11,14-18H2,1-2,4-5H3/b22-12?,23-13-/t21-,24+,25-,26+,27-/m1/s1/i3D2,13D. The van der Waals surface area contributed by atoms with Crippen molar-refractivity contribution >= 4 is 0 Å². The van der Waals surface area contributed by atoms with Crippen LogP contribution in [0.25, 0.3) is 0 Å². The molecule has 3 aliphatic rings. The van der Waals surface area contributed by atoms with E-state index in [2.05, 4.69) is 33.8 Å². The molecule has 0 saturated heterocycles. The first-order valence-electron chi connectivity index (χ1n) is 13.4. The van der Waals surface area contributed by atoms with Gasteiger partial charge in [-0.15, -0.1) is 0 Å². The minimum absolute atomic E-state index is 0.185. The van der Waals surface area contributed by atoms with Gasteiger partial charge in [-0.25, -0.2) is 0 Å². The van der Waals surface area contributed by atoms with E-state index in [1.54, 1.807) is 0 Å². The van der Waals surface area contributed by atoms with Crippen molar-refractivity contribution in [2.75, 3.05) is 0 Å². The van der Waals surface area contributed by atoms with Crippen molar-refractivity contribution in [1.82, 2.24) is 0 Å². The van der Waals surface area contributed by atoms with Gasteiger partial charge in [0.05, 0.1) is 10.2 Å². The van der Waals surface area contributed by atoms with Gasteiger partial charge in [0.2, 0.25) is 0 Å². The summed E-state index contributed by atoms with van der Waals surface area (Å²) in [5, 5.41) is 10.1. The fraction of sp³-hybridized carbons (Fsp3) is 0.778. The molecule has 158 valence electrons. The number of fused-ring (bicyclic) bond motifs is 1. The summed E-state index contributed by atoms with van der Waals surface area (Å²) >= 11 is 0. The molecule has 1 heteroatoms. The molecule has 0 aromatic heterocycles. The molecule has 3 rings (SSSR count). The summed E-state index contributed by atoms with van der Waals surface area (Å²) in [6, 6.07) is 0.443. The van der Waals surface area contributed by atoms with Gasteiger partial charge in [-0.2, -0.15) is 0 Å². The molecule has 1 N–H and O–H groups in total. The summed E-state index contributed by atoms with van der Waals surface area (Å²) in [7, 11) is 0. The zero-order chi connectivity index (χ0) is 22.8.